The second kappa shape index (κ2) is 7.56. The minimum Gasteiger partial charge on any atom is -0.341 e. The van der Waals surface area contributed by atoms with Crippen molar-refractivity contribution in [1.29, 1.82) is 0 Å². The van der Waals surface area contributed by atoms with Gasteiger partial charge in [0, 0.05) is 25.2 Å². The van der Waals surface area contributed by atoms with Crippen molar-refractivity contribution in [2.24, 2.45) is 11.7 Å². The second-order valence-electron chi connectivity index (χ2n) is 5.95. The van der Waals surface area contributed by atoms with E-state index in [4.69, 9.17) is 5.73 Å². The predicted octanol–water partition coefficient (Wildman–Crippen LogP) is 3.86. The Hall–Kier alpha value is -1.65. The van der Waals surface area contributed by atoms with Crippen LogP contribution in [0.15, 0.2) is 41.8 Å². The molecule has 0 radical (unpaired) electrons. The lowest BCUT2D eigenvalue weighted by Crippen LogP contribution is -2.34. The minimum atomic E-state index is 0.0739. The maximum Gasteiger partial charge on any atom is 0.264 e. The van der Waals surface area contributed by atoms with E-state index in [2.05, 4.69) is 13.8 Å². The average molecular weight is 316 g/mol. The fourth-order valence-electron chi connectivity index (χ4n) is 2.27. The van der Waals surface area contributed by atoms with Gasteiger partial charge in [0.05, 0.1) is 4.88 Å². The van der Waals surface area contributed by atoms with Crippen LogP contribution >= 0.6 is 11.3 Å². The largest absolute Gasteiger partial charge is 0.341 e. The normalized spacial score (nSPS) is 12.4. The average Bonchev–Trinajstić information content (AvgIpc) is 3.01. The van der Waals surface area contributed by atoms with Gasteiger partial charge in [-0.05, 0) is 29.3 Å². The number of carbonyl (C=O) groups is 1. The summed E-state index contributed by atoms with van der Waals surface area (Å²) in [5.74, 6) is 0.509. The van der Waals surface area contributed by atoms with Crippen LogP contribution in [0.2, 0.25) is 0 Å². The molecular formula is C18H24N2OS. The molecule has 1 unspecified atom stereocenters. The van der Waals surface area contributed by atoms with Gasteiger partial charge in [0.2, 0.25) is 0 Å². The van der Waals surface area contributed by atoms with Gasteiger partial charge in [-0.1, -0.05) is 44.2 Å². The van der Waals surface area contributed by atoms with E-state index in [1.165, 1.54) is 11.3 Å². The van der Waals surface area contributed by atoms with E-state index in [1.54, 1.807) is 4.90 Å². The molecular weight excluding hydrogens is 292 g/mol. The summed E-state index contributed by atoms with van der Waals surface area (Å²) in [4.78, 5) is 15.3. The van der Waals surface area contributed by atoms with E-state index in [9.17, 15) is 4.79 Å². The molecule has 2 aromatic rings. The SMILES string of the molecule is CC(C)C(N)CCN(C)C(=O)c1sccc1-c1ccccc1. The van der Waals surface area contributed by atoms with Crippen LogP contribution in [-0.4, -0.2) is 30.4 Å². The van der Waals surface area contributed by atoms with Crippen molar-refractivity contribution in [2.75, 3.05) is 13.6 Å². The molecule has 3 nitrogen and oxygen atoms in total. The Morgan fingerprint density at radius 2 is 1.91 bits per heavy atom. The van der Waals surface area contributed by atoms with Crippen LogP contribution < -0.4 is 5.73 Å². The van der Waals surface area contributed by atoms with Gasteiger partial charge in [0.1, 0.15) is 0 Å². The number of hydrogen-bond donors (Lipinski definition) is 1. The molecule has 0 saturated carbocycles. The summed E-state index contributed by atoms with van der Waals surface area (Å²) >= 11 is 1.50. The molecule has 0 aliphatic heterocycles. The summed E-state index contributed by atoms with van der Waals surface area (Å²) in [6.45, 7) is 4.91. The van der Waals surface area contributed by atoms with Crippen LogP contribution in [0, 0.1) is 5.92 Å². The molecule has 1 atom stereocenters. The first-order chi connectivity index (χ1) is 10.5. The zero-order chi connectivity index (χ0) is 16.1. The molecule has 0 fully saturated rings. The maximum absolute atomic E-state index is 12.7. The number of amides is 1. The Morgan fingerprint density at radius 3 is 2.55 bits per heavy atom. The van der Waals surface area contributed by atoms with E-state index in [0.29, 0.717) is 12.5 Å². The number of carbonyl (C=O) groups excluding carboxylic acids is 1. The first-order valence-electron chi connectivity index (χ1n) is 7.64. The van der Waals surface area contributed by atoms with Gasteiger partial charge in [-0.2, -0.15) is 0 Å². The first-order valence-corrected chi connectivity index (χ1v) is 8.52. The zero-order valence-electron chi connectivity index (χ0n) is 13.5. The topological polar surface area (TPSA) is 46.3 Å². The Balaban J connectivity index is 2.09. The Labute approximate surface area is 136 Å². The van der Waals surface area contributed by atoms with Gasteiger partial charge in [-0.3, -0.25) is 4.79 Å². The molecule has 0 bridgehead atoms. The smallest absolute Gasteiger partial charge is 0.264 e. The summed E-state index contributed by atoms with van der Waals surface area (Å²) in [5.41, 5.74) is 8.16. The molecule has 1 aromatic heterocycles. The summed E-state index contributed by atoms with van der Waals surface area (Å²) in [7, 11) is 1.85. The fraction of sp³-hybridized carbons (Fsp3) is 0.389. The highest BCUT2D eigenvalue weighted by atomic mass is 32.1. The fourth-order valence-corrected chi connectivity index (χ4v) is 3.18. The number of rotatable bonds is 6. The van der Waals surface area contributed by atoms with Crippen molar-refractivity contribution in [2.45, 2.75) is 26.3 Å². The summed E-state index contributed by atoms with van der Waals surface area (Å²) < 4.78 is 0. The number of nitrogens with two attached hydrogens (primary N) is 1. The Bertz CT molecular complexity index is 607. The number of thiophene rings is 1. The molecule has 1 aromatic carbocycles. The van der Waals surface area contributed by atoms with E-state index >= 15 is 0 Å². The molecule has 0 aliphatic carbocycles. The second-order valence-corrected chi connectivity index (χ2v) is 6.87. The summed E-state index contributed by atoms with van der Waals surface area (Å²) in [6.07, 6.45) is 0.825. The quantitative estimate of drug-likeness (QED) is 0.879. The van der Waals surface area contributed by atoms with Crippen LogP contribution in [0.4, 0.5) is 0 Å². The third-order valence-electron chi connectivity index (χ3n) is 3.95. The van der Waals surface area contributed by atoms with Crippen LogP contribution in [0.5, 0.6) is 0 Å². The van der Waals surface area contributed by atoms with Crippen LogP contribution in [0.3, 0.4) is 0 Å². The Kier molecular flexibility index (Phi) is 5.75. The van der Waals surface area contributed by atoms with Crippen molar-refractivity contribution >= 4 is 17.2 Å². The van der Waals surface area contributed by atoms with Gasteiger partial charge in [0.25, 0.3) is 5.91 Å². The lowest BCUT2D eigenvalue weighted by Gasteiger charge is -2.21. The van der Waals surface area contributed by atoms with Gasteiger partial charge in [-0.15, -0.1) is 11.3 Å². The molecule has 22 heavy (non-hydrogen) atoms. The highest BCUT2D eigenvalue weighted by Crippen LogP contribution is 2.29. The number of benzene rings is 1. The monoisotopic (exact) mass is 316 g/mol. The summed E-state index contributed by atoms with van der Waals surface area (Å²) in [5, 5.41) is 1.98. The van der Waals surface area contributed by atoms with Crippen molar-refractivity contribution < 1.29 is 4.79 Å². The molecule has 4 heteroatoms. The lowest BCUT2D eigenvalue weighted by atomic mass is 10.0. The number of hydrogen-bond acceptors (Lipinski definition) is 3. The predicted molar refractivity (Wildman–Crippen MR) is 94.1 cm³/mol. The number of nitrogens with zero attached hydrogens (tertiary/aromatic N) is 1. The van der Waals surface area contributed by atoms with Gasteiger partial charge in [-0.25, -0.2) is 0 Å². The van der Waals surface area contributed by atoms with Crippen molar-refractivity contribution in [3.05, 3.63) is 46.7 Å². The van der Waals surface area contributed by atoms with Crippen molar-refractivity contribution in [1.82, 2.24) is 4.90 Å². The van der Waals surface area contributed by atoms with Crippen molar-refractivity contribution in [3.8, 4) is 11.1 Å². The highest BCUT2D eigenvalue weighted by Gasteiger charge is 2.19. The molecule has 0 aliphatic rings. The maximum atomic E-state index is 12.7. The van der Waals surface area contributed by atoms with Crippen LogP contribution in [0.1, 0.15) is 29.9 Å². The molecule has 2 rings (SSSR count). The first kappa shape index (κ1) is 16.7. The van der Waals surface area contributed by atoms with Crippen LogP contribution in [-0.2, 0) is 0 Å². The minimum absolute atomic E-state index is 0.0739. The molecule has 0 spiro atoms. The van der Waals surface area contributed by atoms with E-state index in [-0.39, 0.29) is 11.9 Å². The van der Waals surface area contributed by atoms with Gasteiger partial charge in [0.15, 0.2) is 0 Å². The molecule has 1 heterocycles. The molecule has 0 saturated heterocycles. The van der Waals surface area contributed by atoms with E-state index in [0.717, 1.165) is 22.4 Å². The highest BCUT2D eigenvalue weighted by molar-refractivity contribution is 7.12. The van der Waals surface area contributed by atoms with Gasteiger partial charge >= 0.3 is 0 Å². The molecule has 2 N–H and O–H groups in total. The molecule has 118 valence electrons. The Morgan fingerprint density at radius 1 is 1.23 bits per heavy atom. The van der Waals surface area contributed by atoms with E-state index < -0.39 is 0 Å². The van der Waals surface area contributed by atoms with Crippen molar-refractivity contribution in [3.63, 3.8) is 0 Å². The van der Waals surface area contributed by atoms with Gasteiger partial charge < -0.3 is 10.6 Å². The standard InChI is InChI=1S/C18H24N2OS/c1-13(2)16(19)9-11-20(3)18(21)17-15(10-12-22-17)14-7-5-4-6-8-14/h4-8,10,12-13,16H,9,11,19H2,1-3H3. The lowest BCUT2D eigenvalue weighted by molar-refractivity contribution is 0.0794. The summed E-state index contributed by atoms with van der Waals surface area (Å²) in [6, 6.07) is 12.2. The third kappa shape index (κ3) is 3.96. The van der Waals surface area contributed by atoms with Crippen LogP contribution in [0.25, 0.3) is 11.1 Å². The third-order valence-corrected chi connectivity index (χ3v) is 4.85. The zero-order valence-corrected chi connectivity index (χ0v) is 14.3. The molecule has 1 amide bonds. The van der Waals surface area contributed by atoms with E-state index in [1.807, 2.05) is 48.8 Å².